The van der Waals surface area contributed by atoms with E-state index in [-0.39, 0.29) is 12.1 Å². The summed E-state index contributed by atoms with van der Waals surface area (Å²) in [6, 6.07) is 2.05. The summed E-state index contributed by atoms with van der Waals surface area (Å²) in [6.07, 6.45) is 0.653. The second kappa shape index (κ2) is 4.53. The Morgan fingerprint density at radius 1 is 1.59 bits per heavy atom. The Balaban J connectivity index is 2.65. The smallest absolute Gasteiger partial charge is 0.410 e. The molecule has 1 saturated heterocycles. The third-order valence-corrected chi connectivity index (χ3v) is 2.84. The van der Waals surface area contributed by atoms with Crippen molar-refractivity contribution in [1.29, 1.82) is 5.26 Å². The van der Waals surface area contributed by atoms with Gasteiger partial charge in [0.15, 0.2) is 0 Å². The first kappa shape index (κ1) is 13.8. The molecule has 1 unspecified atom stereocenters. The summed E-state index contributed by atoms with van der Waals surface area (Å²) < 4.78 is 5.31. The van der Waals surface area contributed by atoms with Gasteiger partial charge in [0.2, 0.25) is 0 Å². The van der Waals surface area contributed by atoms with E-state index in [9.17, 15) is 4.79 Å². The standard InChI is InChI=1S/C12H21N3O2/c1-9-7-12(14,8-13)5-6-15(9)10(16)17-11(2,3)4/h9H,5-7,14H2,1-4H3/t9-,12?/m0/s1. The van der Waals surface area contributed by atoms with E-state index in [4.69, 9.17) is 15.7 Å². The number of nitrogens with two attached hydrogens (primary N) is 1. The summed E-state index contributed by atoms with van der Waals surface area (Å²) in [5.74, 6) is 0. The Morgan fingerprint density at radius 2 is 2.18 bits per heavy atom. The highest BCUT2D eigenvalue weighted by Gasteiger charge is 2.38. The van der Waals surface area contributed by atoms with Crippen LogP contribution in [0.1, 0.15) is 40.5 Å². The highest BCUT2D eigenvalue weighted by molar-refractivity contribution is 5.68. The number of nitrogens with zero attached hydrogens (tertiary/aromatic N) is 2. The molecule has 0 spiro atoms. The van der Waals surface area contributed by atoms with Crippen LogP contribution >= 0.6 is 0 Å². The first-order valence-electron chi connectivity index (χ1n) is 5.87. The topological polar surface area (TPSA) is 79.4 Å². The molecule has 0 aromatic heterocycles. The van der Waals surface area contributed by atoms with E-state index in [0.29, 0.717) is 19.4 Å². The van der Waals surface area contributed by atoms with Gasteiger partial charge in [0.25, 0.3) is 0 Å². The van der Waals surface area contributed by atoms with Crippen LogP contribution < -0.4 is 5.73 Å². The number of nitriles is 1. The van der Waals surface area contributed by atoms with Crippen molar-refractivity contribution in [2.75, 3.05) is 6.54 Å². The van der Waals surface area contributed by atoms with Crippen LogP contribution in [-0.4, -0.2) is 34.7 Å². The fraction of sp³-hybridized carbons (Fsp3) is 0.833. The summed E-state index contributed by atoms with van der Waals surface area (Å²) in [6.45, 7) is 7.87. The maximum Gasteiger partial charge on any atom is 0.410 e. The zero-order chi connectivity index (χ0) is 13.3. The van der Waals surface area contributed by atoms with Gasteiger partial charge in [0.1, 0.15) is 11.1 Å². The minimum Gasteiger partial charge on any atom is -0.444 e. The number of amides is 1. The van der Waals surface area contributed by atoms with E-state index < -0.39 is 11.1 Å². The molecule has 0 bridgehead atoms. The van der Waals surface area contributed by atoms with E-state index >= 15 is 0 Å². The van der Waals surface area contributed by atoms with E-state index in [1.54, 1.807) is 4.90 Å². The number of likely N-dealkylation sites (tertiary alicyclic amines) is 1. The predicted molar refractivity (Wildman–Crippen MR) is 64.2 cm³/mol. The molecule has 1 amide bonds. The Kier molecular flexibility index (Phi) is 3.68. The number of ether oxygens (including phenoxy) is 1. The molecule has 2 N–H and O–H groups in total. The number of carbonyl (C=O) groups is 1. The van der Waals surface area contributed by atoms with Crippen molar-refractivity contribution in [1.82, 2.24) is 4.90 Å². The molecule has 2 atom stereocenters. The summed E-state index contributed by atoms with van der Waals surface area (Å²) in [5, 5.41) is 8.97. The fourth-order valence-electron chi connectivity index (χ4n) is 1.97. The Labute approximate surface area is 103 Å². The minimum atomic E-state index is -0.808. The summed E-state index contributed by atoms with van der Waals surface area (Å²) in [5.41, 5.74) is 4.59. The molecule has 1 aliphatic rings. The average Bonchev–Trinajstić information content (AvgIpc) is 2.14. The maximum absolute atomic E-state index is 11.9. The van der Waals surface area contributed by atoms with Gasteiger partial charge < -0.3 is 15.4 Å². The third kappa shape index (κ3) is 3.60. The number of carbonyl (C=O) groups excluding carboxylic acids is 1. The molecule has 5 heteroatoms. The van der Waals surface area contributed by atoms with Crippen molar-refractivity contribution in [3.8, 4) is 6.07 Å². The highest BCUT2D eigenvalue weighted by atomic mass is 16.6. The van der Waals surface area contributed by atoms with Crippen LogP contribution in [0.5, 0.6) is 0 Å². The average molecular weight is 239 g/mol. The summed E-state index contributed by atoms with van der Waals surface area (Å²) in [7, 11) is 0. The van der Waals surface area contributed by atoms with Crippen LogP contribution in [0.3, 0.4) is 0 Å². The van der Waals surface area contributed by atoms with Gasteiger partial charge in [-0.3, -0.25) is 0 Å². The summed E-state index contributed by atoms with van der Waals surface area (Å²) in [4.78, 5) is 13.6. The minimum absolute atomic E-state index is 0.0664. The predicted octanol–water partition coefficient (Wildman–Crippen LogP) is 1.63. The quantitative estimate of drug-likeness (QED) is 0.696. The van der Waals surface area contributed by atoms with Crippen LogP contribution in [0.25, 0.3) is 0 Å². The van der Waals surface area contributed by atoms with Crippen LogP contribution in [0.4, 0.5) is 4.79 Å². The monoisotopic (exact) mass is 239 g/mol. The lowest BCUT2D eigenvalue weighted by Crippen LogP contribution is -2.55. The van der Waals surface area contributed by atoms with E-state index in [1.807, 2.05) is 27.7 Å². The van der Waals surface area contributed by atoms with E-state index in [1.165, 1.54) is 0 Å². The van der Waals surface area contributed by atoms with Crippen LogP contribution in [0.15, 0.2) is 0 Å². The van der Waals surface area contributed by atoms with E-state index in [0.717, 1.165) is 0 Å². The van der Waals surface area contributed by atoms with Crippen LogP contribution in [-0.2, 0) is 4.74 Å². The first-order valence-corrected chi connectivity index (χ1v) is 5.87. The van der Waals surface area contributed by atoms with Gasteiger partial charge in [-0.15, -0.1) is 0 Å². The van der Waals surface area contributed by atoms with Crippen molar-refractivity contribution < 1.29 is 9.53 Å². The van der Waals surface area contributed by atoms with Crippen LogP contribution in [0, 0.1) is 11.3 Å². The lowest BCUT2D eigenvalue weighted by Gasteiger charge is -2.40. The van der Waals surface area contributed by atoms with Gasteiger partial charge in [0, 0.05) is 12.6 Å². The largest absolute Gasteiger partial charge is 0.444 e. The lowest BCUT2D eigenvalue weighted by molar-refractivity contribution is 0.00791. The van der Waals surface area contributed by atoms with Gasteiger partial charge in [0.05, 0.1) is 6.07 Å². The molecule has 0 aliphatic carbocycles. The molecule has 0 radical (unpaired) electrons. The number of hydrogen-bond acceptors (Lipinski definition) is 4. The normalized spacial score (nSPS) is 29.6. The maximum atomic E-state index is 11.9. The van der Waals surface area contributed by atoms with Crippen molar-refractivity contribution in [2.45, 2.75) is 57.7 Å². The number of hydrogen-bond donors (Lipinski definition) is 1. The molecule has 1 aliphatic heterocycles. The van der Waals surface area contributed by atoms with Gasteiger partial charge in [-0.2, -0.15) is 5.26 Å². The Morgan fingerprint density at radius 3 is 2.59 bits per heavy atom. The molecule has 1 heterocycles. The van der Waals surface area contributed by atoms with Crippen molar-refractivity contribution >= 4 is 6.09 Å². The van der Waals surface area contributed by atoms with Gasteiger partial charge in [-0.25, -0.2) is 4.79 Å². The van der Waals surface area contributed by atoms with E-state index in [2.05, 4.69) is 6.07 Å². The molecule has 96 valence electrons. The van der Waals surface area contributed by atoms with Crippen molar-refractivity contribution in [3.05, 3.63) is 0 Å². The molecule has 1 rings (SSSR count). The molecule has 0 aromatic carbocycles. The zero-order valence-corrected chi connectivity index (χ0v) is 11.0. The number of rotatable bonds is 0. The summed E-state index contributed by atoms with van der Waals surface area (Å²) >= 11 is 0. The highest BCUT2D eigenvalue weighted by Crippen LogP contribution is 2.25. The van der Waals surface area contributed by atoms with Gasteiger partial charge >= 0.3 is 6.09 Å². The molecule has 5 nitrogen and oxygen atoms in total. The lowest BCUT2D eigenvalue weighted by atomic mass is 9.86. The first-order chi connectivity index (χ1) is 7.67. The van der Waals surface area contributed by atoms with Crippen molar-refractivity contribution in [3.63, 3.8) is 0 Å². The molecule has 0 saturated carbocycles. The molecule has 1 fully saturated rings. The molecular formula is C12H21N3O2. The SMILES string of the molecule is C[C@H]1CC(N)(C#N)CCN1C(=O)OC(C)(C)C. The zero-order valence-electron chi connectivity index (χ0n) is 11.0. The molecule has 17 heavy (non-hydrogen) atoms. The molecular weight excluding hydrogens is 218 g/mol. The van der Waals surface area contributed by atoms with Crippen molar-refractivity contribution in [2.24, 2.45) is 5.73 Å². The van der Waals surface area contributed by atoms with Crippen LogP contribution in [0.2, 0.25) is 0 Å². The third-order valence-electron chi connectivity index (χ3n) is 2.84. The second-order valence-corrected chi connectivity index (χ2v) is 5.74. The Bertz CT molecular complexity index is 343. The fourth-order valence-corrected chi connectivity index (χ4v) is 1.97. The van der Waals surface area contributed by atoms with Gasteiger partial charge in [-0.05, 0) is 40.5 Å². The number of piperidine rings is 1. The van der Waals surface area contributed by atoms with Gasteiger partial charge in [-0.1, -0.05) is 0 Å². The Hall–Kier alpha value is -1.28. The molecule has 0 aromatic rings. The second-order valence-electron chi connectivity index (χ2n) is 5.74.